The molecular weight excluding hydrogens is 274 g/mol. The van der Waals surface area contributed by atoms with Crippen molar-refractivity contribution in [3.8, 4) is 10.8 Å². The number of ether oxygens (including phenoxy) is 1. The first-order valence-electron chi connectivity index (χ1n) is 7.07. The number of thiophene rings is 1. The van der Waals surface area contributed by atoms with Gasteiger partial charge in [0.1, 0.15) is 0 Å². The molecule has 0 saturated heterocycles. The summed E-state index contributed by atoms with van der Waals surface area (Å²) in [6.07, 6.45) is 5.15. The van der Waals surface area contributed by atoms with E-state index in [0.29, 0.717) is 18.3 Å². The van der Waals surface area contributed by atoms with Gasteiger partial charge in [-0.3, -0.25) is 0 Å². The van der Waals surface area contributed by atoms with Crippen molar-refractivity contribution in [3.05, 3.63) is 22.3 Å². The highest BCUT2D eigenvalue weighted by Crippen LogP contribution is 2.37. The SMILES string of the molecule is NC1(c2noc(-c3cc4c(s3)CCOC4)n2)CCCC1. The number of hydrogen-bond donors (Lipinski definition) is 1. The Kier molecular flexibility index (Phi) is 2.90. The van der Waals surface area contributed by atoms with E-state index in [1.165, 1.54) is 10.4 Å². The van der Waals surface area contributed by atoms with Crippen molar-refractivity contribution < 1.29 is 9.26 Å². The molecule has 0 bridgehead atoms. The van der Waals surface area contributed by atoms with Gasteiger partial charge in [-0.15, -0.1) is 11.3 Å². The lowest BCUT2D eigenvalue weighted by Gasteiger charge is -2.17. The Morgan fingerprint density at radius 3 is 2.95 bits per heavy atom. The Morgan fingerprint density at radius 2 is 2.15 bits per heavy atom. The Morgan fingerprint density at radius 1 is 1.30 bits per heavy atom. The third-order valence-electron chi connectivity index (χ3n) is 4.21. The van der Waals surface area contributed by atoms with Crippen LogP contribution in [-0.4, -0.2) is 16.7 Å². The fraction of sp³-hybridized carbons (Fsp3) is 0.571. The standard InChI is InChI=1S/C14H17N3O2S/c15-14(4-1-2-5-14)13-16-12(19-17-13)11-7-9-8-18-6-3-10(9)20-11/h7H,1-6,8,15H2. The van der Waals surface area contributed by atoms with Gasteiger partial charge in [0, 0.05) is 11.3 Å². The Bertz CT molecular complexity index is 605. The zero-order chi connectivity index (χ0) is 13.6. The number of nitrogens with two attached hydrogens (primary N) is 1. The fourth-order valence-corrected chi connectivity index (χ4v) is 4.08. The first-order valence-corrected chi connectivity index (χ1v) is 7.89. The summed E-state index contributed by atoms with van der Waals surface area (Å²) in [6, 6.07) is 2.11. The second kappa shape index (κ2) is 4.65. The fourth-order valence-electron chi connectivity index (χ4n) is 3.01. The number of nitrogens with zero attached hydrogens (tertiary/aromatic N) is 2. The molecule has 6 heteroatoms. The van der Waals surface area contributed by atoms with Crippen molar-refractivity contribution in [2.45, 2.75) is 44.2 Å². The molecule has 0 amide bonds. The molecule has 4 rings (SSSR count). The Hall–Kier alpha value is -1.24. The third kappa shape index (κ3) is 1.99. The maximum atomic E-state index is 6.37. The summed E-state index contributed by atoms with van der Waals surface area (Å²) in [5.41, 5.74) is 7.23. The average molecular weight is 291 g/mol. The summed E-state index contributed by atoms with van der Waals surface area (Å²) in [5.74, 6) is 1.25. The van der Waals surface area contributed by atoms with Crippen LogP contribution in [0.1, 0.15) is 41.9 Å². The van der Waals surface area contributed by atoms with Crippen molar-refractivity contribution in [2.24, 2.45) is 5.73 Å². The van der Waals surface area contributed by atoms with E-state index in [1.54, 1.807) is 11.3 Å². The van der Waals surface area contributed by atoms with E-state index in [9.17, 15) is 0 Å². The molecule has 2 N–H and O–H groups in total. The molecule has 0 radical (unpaired) electrons. The maximum absolute atomic E-state index is 6.37. The highest BCUT2D eigenvalue weighted by molar-refractivity contribution is 7.15. The lowest BCUT2D eigenvalue weighted by molar-refractivity contribution is 0.112. The van der Waals surface area contributed by atoms with Gasteiger partial charge >= 0.3 is 0 Å². The molecule has 2 aromatic rings. The molecule has 2 aromatic heterocycles. The number of hydrogen-bond acceptors (Lipinski definition) is 6. The van der Waals surface area contributed by atoms with E-state index >= 15 is 0 Å². The van der Waals surface area contributed by atoms with Gasteiger partial charge in [0.25, 0.3) is 5.89 Å². The third-order valence-corrected chi connectivity index (χ3v) is 5.43. The van der Waals surface area contributed by atoms with Gasteiger partial charge in [0.2, 0.25) is 0 Å². The van der Waals surface area contributed by atoms with Crippen LogP contribution in [0.25, 0.3) is 10.8 Å². The largest absolute Gasteiger partial charge is 0.376 e. The Balaban J connectivity index is 1.66. The molecule has 0 unspecified atom stereocenters. The van der Waals surface area contributed by atoms with Crippen LogP contribution in [0.15, 0.2) is 10.6 Å². The zero-order valence-corrected chi connectivity index (χ0v) is 12.0. The highest BCUT2D eigenvalue weighted by Gasteiger charge is 2.36. The number of aromatic nitrogens is 2. The molecule has 1 fully saturated rings. The molecule has 0 spiro atoms. The summed E-state index contributed by atoms with van der Waals surface area (Å²) in [4.78, 5) is 6.94. The molecule has 0 atom stereocenters. The predicted octanol–water partition coefficient (Wildman–Crippen LogP) is 2.60. The van der Waals surface area contributed by atoms with E-state index in [4.69, 9.17) is 15.0 Å². The number of fused-ring (bicyclic) bond motifs is 1. The van der Waals surface area contributed by atoms with E-state index in [1.807, 2.05) is 0 Å². The Labute approximate surface area is 121 Å². The molecule has 1 aliphatic heterocycles. The van der Waals surface area contributed by atoms with Crippen molar-refractivity contribution in [2.75, 3.05) is 6.61 Å². The molecule has 1 saturated carbocycles. The highest BCUT2D eigenvalue weighted by atomic mass is 32.1. The van der Waals surface area contributed by atoms with Crippen LogP contribution in [0, 0.1) is 0 Å². The normalized spacial score (nSPS) is 21.1. The average Bonchev–Trinajstić information content (AvgIpc) is 3.17. The minimum absolute atomic E-state index is 0.387. The van der Waals surface area contributed by atoms with Crippen LogP contribution in [0.3, 0.4) is 0 Å². The van der Waals surface area contributed by atoms with Crippen molar-refractivity contribution in [3.63, 3.8) is 0 Å². The van der Waals surface area contributed by atoms with Crippen LogP contribution in [0.4, 0.5) is 0 Å². The second-order valence-electron chi connectivity index (χ2n) is 5.65. The summed E-state index contributed by atoms with van der Waals surface area (Å²) in [6.45, 7) is 1.49. The molecule has 5 nitrogen and oxygen atoms in total. The van der Waals surface area contributed by atoms with E-state index < -0.39 is 0 Å². The maximum Gasteiger partial charge on any atom is 0.268 e. The van der Waals surface area contributed by atoms with Gasteiger partial charge < -0.3 is 15.0 Å². The van der Waals surface area contributed by atoms with Crippen molar-refractivity contribution >= 4 is 11.3 Å². The van der Waals surface area contributed by atoms with Crippen LogP contribution in [0.2, 0.25) is 0 Å². The van der Waals surface area contributed by atoms with E-state index in [-0.39, 0.29) is 5.54 Å². The van der Waals surface area contributed by atoms with Gasteiger partial charge in [0.15, 0.2) is 5.82 Å². The summed E-state index contributed by atoms with van der Waals surface area (Å²) in [5, 5.41) is 4.12. The molecule has 1 aliphatic carbocycles. The van der Waals surface area contributed by atoms with Gasteiger partial charge in [-0.2, -0.15) is 4.98 Å². The molecule has 0 aromatic carbocycles. The number of rotatable bonds is 2. The van der Waals surface area contributed by atoms with Crippen LogP contribution in [0.5, 0.6) is 0 Å². The lowest BCUT2D eigenvalue weighted by Crippen LogP contribution is -2.34. The van der Waals surface area contributed by atoms with Gasteiger partial charge in [-0.1, -0.05) is 18.0 Å². The zero-order valence-electron chi connectivity index (χ0n) is 11.2. The van der Waals surface area contributed by atoms with Crippen LogP contribution in [-0.2, 0) is 23.3 Å². The van der Waals surface area contributed by atoms with E-state index in [2.05, 4.69) is 16.2 Å². The van der Waals surface area contributed by atoms with Gasteiger partial charge in [-0.05, 0) is 24.5 Å². The second-order valence-corrected chi connectivity index (χ2v) is 6.78. The molecule has 20 heavy (non-hydrogen) atoms. The van der Waals surface area contributed by atoms with Crippen molar-refractivity contribution in [1.82, 2.24) is 10.1 Å². The van der Waals surface area contributed by atoms with Crippen LogP contribution < -0.4 is 5.73 Å². The topological polar surface area (TPSA) is 74.2 Å². The lowest BCUT2D eigenvalue weighted by atomic mass is 9.99. The molecular formula is C14H17N3O2S. The van der Waals surface area contributed by atoms with Gasteiger partial charge in [-0.25, -0.2) is 0 Å². The van der Waals surface area contributed by atoms with Crippen molar-refractivity contribution in [1.29, 1.82) is 0 Å². The first kappa shape index (κ1) is 12.5. The van der Waals surface area contributed by atoms with Crippen LogP contribution >= 0.6 is 11.3 Å². The molecule has 106 valence electrons. The quantitative estimate of drug-likeness (QED) is 0.920. The van der Waals surface area contributed by atoms with Gasteiger partial charge in [0.05, 0.1) is 23.6 Å². The first-order chi connectivity index (χ1) is 9.74. The monoisotopic (exact) mass is 291 g/mol. The summed E-state index contributed by atoms with van der Waals surface area (Å²) in [7, 11) is 0. The summed E-state index contributed by atoms with van der Waals surface area (Å²) >= 11 is 1.73. The summed E-state index contributed by atoms with van der Waals surface area (Å²) < 4.78 is 10.9. The molecule has 2 aliphatic rings. The van der Waals surface area contributed by atoms with E-state index in [0.717, 1.165) is 43.6 Å². The predicted molar refractivity (Wildman–Crippen MR) is 75.3 cm³/mol. The minimum Gasteiger partial charge on any atom is -0.376 e. The smallest absolute Gasteiger partial charge is 0.268 e. The minimum atomic E-state index is -0.387. The molecule has 3 heterocycles.